The van der Waals surface area contributed by atoms with E-state index in [1.807, 2.05) is 30.3 Å². The van der Waals surface area contributed by atoms with Gasteiger partial charge in [0.2, 0.25) is 5.82 Å². The van der Waals surface area contributed by atoms with Gasteiger partial charge in [0.15, 0.2) is 0 Å². The Morgan fingerprint density at radius 1 is 1.08 bits per heavy atom. The van der Waals surface area contributed by atoms with Crippen LogP contribution in [-0.4, -0.2) is 36.3 Å². The molecule has 0 saturated carbocycles. The molecule has 0 fully saturated rings. The lowest BCUT2D eigenvalue weighted by atomic mass is 10.1. The van der Waals surface area contributed by atoms with E-state index < -0.39 is 0 Å². The van der Waals surface area contributed by atoms with E-state index in [4.69, 9.17) is 9.26 Å². The van der Waals surface area contributed by atoms with Gasteiger partial charge in [-0.05, 0) is 24.3 Å². The van der Waals surface area contributed by atoms with E-state index in [1.165, 1.54) is 0 Å². The van der Waals surface area contributed by atoms with Crippen LogP contribution in [0.25, 0.3) is 22.8 Å². The number of hydrogen-bond acceptors (Lipinski definition) is 5. The molecule has 0 unspecified atom stereocenters. The Balaban J connectivity index is 1.72. The number of hydrogen-bond donors (Lipinski definition) is 1. The summed E-state index contributed by atoms with van der Waals surface area (Å²) in [6.45, 7) is 0.954. The third kappa shape index (κ3) is 3.67. The highest BCUT2D eigenvalue weighted by molar-refractivity contribution is 5.94. The minimum Gasteiger partial charge on any atom is -0.383 e. The lowest BCUT2D eigenvalue weighted by Gasteiger charge is -2.04. The maximum atomic E-state index is 11.9. The van der Waals surface area contributed by atoms with Crippen LogP contribution in [0.15, 0.2) is 59.1 Å². The summed E-state index contributed by atoms with van der Waals surface area (Å²) in [7, 11) is 1.59. The highest BCUT2D eigenvalue weighted by Crippen LogP contribution is 2.22. The molecule has 1 heterocycles. The number of amides is 1. The minimum atomic E-state index is -0.144. The van der Waals surface area contributed by atoms with E-state index >= 15 is 0 Å². The average molecular weight is 323 g/mol. The van der Waals surface area contributed by atoms with Crippen molar-refractivity contribution < 1.29 is 14.1 Å². The fourth-order valence-electron chi connectivity index (χ4n) is 2.18. The molecular formula is C18H17N3O3. The molecule has 1 amide bonds. The van der Waals surface area contributed by atoms with Gasteiger partial charge in [0.1, 0.15) is 0 Å². The Kier molecular flexibility index (Phi) is 4.98. The Bertz CT molecular complexity index is 798. The van der Waals surface area contributed by atoms with Crippen LogP contribution in [0, 0.1) is 0 Å². The minimum absolute atomic E-state index is 0.144. The van der Waals surface area contributed by atoms with Crippen LogP contribution < -0.4 is 5.32 Å². The molecule has 1 aromatic heterocycles. The number of benzene rings is 2. The Morgan fingerprint density at radius 3 is 2.54 bits per heavy atom. The average Bonchev–Trinajstić information content (AvgIpc) is 3.13. The molecule has 0 bridgehead atoms. The molecule has 0 aliphatic heterocycles. The highest BCUT2D eigenvalue weighted by Gasteiger charge is 2.11. The number of carbonyl (C=O) groups is 1. The first-order chi connectivity index (χ1) is 11.8. The molecular weight excluding hydrogens is 306 g/mol. The lowest BCUT2D eigenvalue weighted by molar-refractivity contribution is 0.0937. The summed E-state index contributed by atoms with van der Waals surface area (Å²) in [5.74, 6) is 0.807. The highest BCUT2D eigenvalue weighted by atomic mass is 16.5. The summed E-state index contributed by atoms with van der Waals surface area (Å²) < 4.78 is 10.2. The summed E-state index contributed by atoms with van der Waals surface area (Å²) >= 11 is 0. The van der Waals surface area contributed by atoms with Gasteiger partial charge in [-0.3, -0.25) is 4.79 Å². The summed E-state index contributed by atoms with van der Waals surface area (Å²) in [4.78, 5) is 16.3. The van der Waals surface area contributed by atoms with Gasteiger partial charge in [0, 0.05) is 30.3 Å². The van der Waals surface area contributed by atoms with Gasteiger partial charge in [-0.25, -0.2) is 0 Å². The van der Waals surface area contributed by atoms with Crippen molar-refractivity contribution in [2.75, 3.05) is 20.3 Å². The molecule has 0 aliphatic carbocycles. The van der Waals surface area contributed by atoms with Crippen molar-refractivity contribution in [1.29, 1.82) is 0 Å². The van der Waals surface area contributed by atoms with Crippen LogP contribution in [0.1, 0.15) is 10.4 Å². The van der Waals surface area contributed by atoms with Crippen molar-refractivity contribution in [2.45, 2.75) is 0 Å². The maximum Gasteiger partial charge on any atom is 0.258 e. The van der Waals surface area contributed by atoms with Gasteiger partial charge in [-0.15, -0.1) is 0 Å². The van der Waals surface area contributed by atoms with E-state index in [0.717, 1.165) is 11.1 Å². The van der Waals surface area contributed by atoms with E-state index in [1.54, 1.807) is 31.4 Å². The van der Waals surface area contributed by atoms with E-state index in [2.05, 4.69) is 15.5 Å². The van der Waals surface area contributed by atoms with Crippen LogP contribution in [0.5, 0.6) is 0 Å². The topological polar surface area (TPSA) is 77.2 Å². The van der Waals surface area contributed by atoms with Crippen molar-refractivity contribution >= 4 is 5.91 Å². The second kappa shape index (κ2) is 7.52. The predicted molar refractivity (Wildman–Crippen MR) is 89.4 cm³/mol. The zero-order chi connectivity index (χ0) is 16.8. The summed E-state index contributed by atoms with van der Waals surface area (Å²) in [6, 6.07) is 16.6. The van der Waals surface area contributed by atoms with Crippen molar-refractivity contribution in [1.82, 2.24) is 15.5 Å². The standard InChI is InChI=1S/C18H17N3O3/c1-23-12-11-19-17(22)14-7-9-15(10-8-14)18-20-16(21-24-18)13-5-3-2-4-6-13/h2-10H,11-12H2,1H3,(H,19,22). The van der Waals surface area contributed by atoms with Crippen molar-refractivity contribution in [3.8, 4) is 22.8 Å². The van der Waals surface area contributed by atoms with Gasteiger partial charge in [-0.1, -0.05) is 35.5 Å². The Hall–Kier alpha value is -2.99. The molecule has 0 saturated heterocycles. The number of rotatable bonds is 6. The van der Waals surface area contributed by atoms with Crippen LogP contribution >= 0.6 is 0 Å². The SMILES string of the molecule is COCCNC(=O)c1ccc(-c2nc(-c3ccccc3)no2)cc1. The number of nitrogens with zero attached hydrogens (tertiary/aromatic N) is 2. The molecule has 3 aromatic rings. The largest absolute Gasteiger partial charge is 0.383 e. The van der Waals surface area contributed by atoms with Gasteiger partial charge in [0.05, 0.1) is 6.61 Å². The molecule has 6 nitrogen and oxygen atoms in total. The van der Waals surface area contributed by atoms with Gasteiger partial charge >= 0.3 is 0 Å². The first-order valence-electron chi connectivity index (χ1n) is 7.54. The van der Waals surface area contributed by atoms with E-state index in [-0.39, 0.29) is 5.91 Å². The third-order valence-corrected chi connectivity index (χ3v) is 3.44. The molecule has 2 aromatic carbocycles. The Labute approximate surface area is 139 Å². The van der Waals surface area contributed by atoms with Crippen LogP contribution in [0.3, 0.4) is 0 Å². The zero-order valence-electron chi connectivity index (χ0n) is 13.2. The number of carbonyl (C=O) groups excluding carboxylic acids is 1. The first-order valence-corrected chi connectivity index (χ1v) is 7.54. The smallest absolute Gasteiger partial charge is 0.258 e. The predicted octanol–water partition coefficient (Wildman–Crippen LogP) is 2.78. The van der Waals surface area contributed by atoms with Crippen LogP contribution in [-0.2, 0) is 4.74 Å². The molecule has 0 atom stereocenters. The lowest BCUT2D eigenvalue weighted by Crippen LogP contribution is -2.26. The Morgan fingerprint density at radius 2 is 1.83 bits per heavy atom. The van der Waals surface area contributed by atoms with Crippen molar-refractivity contribution in [3.63, 3.8) is 0 Å². The number of ether oxygens (including phenoxy) is 1. The maximum absolute atomic E-state index is 11.9. The monoisotopic (exact) mass is 323 g/mol. The van der Waals surface area contributed by atoms with Crippen LogP contribution in [0.2, 0.25) is 0 Å². The normalized spacial score (nSPS) is 10.5. The number of methoxy groups -OCH3 is 1. The molecule has 24 heavy (non-hydrogen) atoms. The van der Waals surface area contributed by atoms with Gasteiger partial charge in [0.25, 0.3) is 11.8 Å². The summed E-state index contributed by atoms with van der Waals surface area (Å²) in [5, 5.41) is 6.76. The van der Waals surface area contributed by atoms with Crippen molar-refractivity contribution in [2.24, 2.45) is 0 Å². The quantitative estimate of drug-likeness (QED) is 0.706. The second-order valence-corrected chi connectivity index (χ2v) is 5.12. The fraction of sp³-hybridized carbons (Fsp3) is 0.167. The molecule has 122 valence electrons. The van der Waals surface area contributed by atoms with E-state index in [0.29, 0.717) is 30.4 Å². The molecule has 0 spiro atoms. The summed E-state index contributed by atoms with van der Waals surface area (Å²) in [6.07, 6.45) is 0. The van der Waals surface area contributed by atoms with Crippen LogP contribution in [0.4, 0.5) is 0 Å². The molecule has 1 N–H and O–H groups in total. The molecule has 3 rings (SSSR count). The van der Waals surface area contributed by atoms with Crippen molar-refractivity contribution in [3.05, 3.63) is 60.2 Å². The van der Waals surface area contributed by atoms with Gasteiger partial charge in [-0.2, -0.15) is 4.98 Å². The number of aromatic nitrogens is 2. The first kappa shape index (κ1) is 15.9. The molecule has 6 heteroatoms. The molecule has 0 aliphatic rings. The summed E-state index contributed by atoms with van der Waals surface area (Å²) in [5.41, 5.74) is 2.22. The second-order valence-electron chi connectivity index (χ2n) is 5.12. The molecule has 0 radical (unpaired) electrons. The number of nitrogens with one attached hydrogen (secondary N) is 1. The fourth-order valence-corrected chi connectivity index (χ4v) is 2.18. The third-order valence-electron chi connectivity index (χ3n) is 3.44. The van der Waals surface area contributed by atoms with E-state index in [9.17, 15) is 4.79 Å². The van der Waals surface area contributed by atoms with Gasteiger partial charge < -0.3 is 14.6 Å². The zero-order valence-corrected chi connectivity index (χ0v) is 13.2.